The van der Waals surface area contributed by atoms with Gasteiger partial charge in [-0.25, -0.2) is 0 Å². The number of thioether (sulfide) groups is 1. The third kappa shape index (κ3) is 5.44. The lowest BCUT2D eigenvalue weighted by Crippen LogP contribution is -2.33. The van der Waals surface area contributed by atoms with Crippen molar-refractivity contribution in [3.63, 3.8) is 0 Å². The Bertz CT molecular complexity index is 265. The molecule has 0 saturated heterocycles. The molecule has 16 heavy (non-hydrogen) atoms. The van der Waals surface area contributed by atoms with E-state index in [0.717, 1.165) is 12.8 Å². The highest BCUT2D eigenvalue weighted by atomic mass is 32.2. The summed E-state index contributed by atoms with van der Waals surface area (Å²) >= 11 is -0.106. The molecule has 0 aromatic heterocycles. The van der Waals surface area contributed by atoms with Crippen LogP contribution in [0.4, 0.5) is 13.2 Å². The molecule has 1 rings (SSSR count). The average molecular weight is 253 g/mol. The Morgan fingerprint density at radius 2 is 2.19 bits per heavy atom. The van der Waals surface area contributed by atoms with Gasteiger partial charge in [0, 0.05) is 18.2 Å². The minimum absolute atomic E-state index is 0.0686. The second-order valence-electron chi connectivity index (χ2n) is 3.57. The van der Waals surface area contributed by atoms with Crippen molar-refractivity contribution in [2.45, 2.75) is 24.8 Å². The SMILES string of the molecule is O=C(NCCSC(F)(F)F)[C@@H]1CC=CCC1. The number of halogens is 3. The lowest BCUT2D eigenvalue weighted by atomic mass is 9.94. The van der Waals surface area contributed by atoms with Gasteiger partial charge in [0.1, 0.15) is 0 Å². The fourth-order valence-electron chi connectivity index (χ4n) is 1.52. The predicted octanol–water partition coefficient (Wildman–Crippen LogP) is 2.71. The van der Waals surface area contributed by atoms with Gasteiger partial charge in [-0.2, -0.15) is 13.2 Å². The first-order valence-corrected chi connectivity index (χ1v) is 6.11. The molecule has 0 radical (unpaired) electrons. The highest BCUT2D eigenvalue weighted by molar-refractivity contribution is 8.00. The van der Waals surface area contributed by atoms with Gasteiger partial charge in [0.2, 0.25) is 5.91 Å². The summed E-state index contributed by atoms with van der Waals surface area (Å²) in [6, 6.07) is 0. The molecule has 6 heteroatoms. The summed E-state index contributed by atoms with van der Waals surface area (Å²) < 4.78 is 35.3. The number of hydrogen-bond acceptors (Lipinski definition) is 2. The molecule has 0 fully saturated rings. The quantitative estimate of drug-likeness (QED) is 0.616. The Morgan fingerprint density at radius 3 is 2.75 bits per heavy atom. The number of allylic oxidation sites excluding steroid dienone is 2. The molecule has 0 saturated carbocycles. The summed E-state index contributed by atoms with van der Waals surface area (Å²) in [5.41, 5.74) is -4.21. The Morgan fingerprint density at radius 1 is 1.44 bits per heavy atom. The van der Waals surface area contributed by atoms with Crippen LogP contribution in [-0.2, 0) is 4.79 Å². The molecule has 0 aromatic rings. The molecule has 0 aromatic carbocycles. The zero-order valence-electron chi connectivity index (χ0n) is 8.72. The summed E-state index contributed by atoms with van der Waals surface area (Å²) in [4.78, 5) is 11.5. The Balaban J connectivity index is 2.13. The van der Waals surface area contributed by atoms with Gasteiger partial charge in [-0.05, 0) is 31.0 Å². The Labute approximate surface area is 96.7 Å². The van der Waals surface area contributed by atoms with Gasteiger partial charge in [0.05, 0.1) is 0 Å². The number of hydrogen-bond donors (Lipinski definition) is 1. The van der Waals surface area contributed by atoms with Crippen molar-refractivity contribution in [1.82, 2.24) is 5.32 Å². The number of amides is 1. The zero-order chi connectivity index (χ0) is 12.0. The normalized spacial score (nSPS) is 20.8. The van der Waals surface area contributed by atoms with Gasteiger partial charge in [-0.15, -0.1) is 0 Å². The van der Waals surface area contributed by atoms with Gasteiger partial charge in [0.25, 0.3) is 0 Å². The van der Waals surface area contributed by atoms with E-state index in [1.807, 2.05) is 12.2 Å². The van der Waals surface area contributed by atoms with E-state index < -0.39 is 5.51 Å². The van der Waals surface area contributed by atoms with Crippen molar-refractivity contribution >= 4 is 17.7 Å². The van der Waals surface area contributed by atoms with Crippen LogP contribution in [0.3, 0.4) is 0 Å². The first-order valence-electron chi connectivity index (χ1n) is 5.12. The molecule has 92 valence electrons. The Hall–Kier alpha value is -0.650. The molecule has 1 N–H and O–H groups in total. The topological polar surface area (TPSA) is 29.1 Å². The molecule has 0 spiro atoms. The molecule has 0 heterocycles. The Kier molecular flexibility index (Phi) is 5.18. The van der Waals surface area contributed by atoms with E-state index in [9.17, 15) is 18.0 Å². The summed E-state index contributed by atoms with van der Waals surface area (Å²) in [5, 5.41) is 2.53. The van der Waals surface area contributed by atoms with E-state index in [4.69, 9.17) is 0 Å². The first kappa shape index (κ1) is 13.4. The maximum Gasteiger partial charge on any atom is 0.441 e. The second kappa shape index (κ2) is 6.18. The number of nitrogens with one attached hydrogen (secondary N) is 1. The molecule has 2 nitrogen and oxygen atoms in total. The van der Waals surface area contributed by atoms with Crippen LogP contribution in [0, 0.1) is 5.92 Å². The number of alkyl halides is 3. The van der Waals surface area contributed by atoms with E-state index in [0.29, 0.717) is 6.42 Å². The van der Waals surface area contributed by atoms with Crippen LogP contribution in [0.1, 0.15) is 19.3 Å². The van der Waals surface area contributed by atoms with E-state index in [1.165, 1.54) is 0 Å². The van der Waals surface area contributed by atoms with Crippen LogP contribution < -0.4 is 5.32 Å². The van der Waals surface area contributed by atoms with Crippen molar-refractivity contribution in [2.24, 2.45) is 5.92 Å². The van der Waals surface area contributed by atoms with Crippen molar-refractivity contribution in [2.75, 3.05) is 12.3 Å². The number of rotatable bonds is 4. The van der Waals surface area contributed by atoms with Crippen molar-refractivity contribution in [3.05, 3.63) is 12.2 Å². The van der Waals surface area contributed by atoms with Crippen LogP contribution in [0.25, 0.3) is 0 Å². The first-order chi connectivity index (χ1) is 7.49. The summed E-state index contributed by atoms with van der Waals surface area (Å²) in [6.07, 6.45) is 6.31. The molecule has 0 aliphatic heterocycles. The number of carbonyl (C=O) groups excluding carboxylic acids is 1. The van der Waals surface area contributed by atoms with Gasteiger partial charge >= 0.3 is 5.51 Å². The van der Waals surface area contributed by atoms with Crippen LogP contribution in [0.15, 0.2) is 12.2 Å². The van der Waals surface area contributed by atoms with E-state index in [-0.39, 0.29) is 35.9 Å². The van der Waals surface area contributed by atoms with E-state index in [2.05, 4.69) is 5.32 Å². The molecular formula is C10H14F3NOS. The summed E-state index contributed by atoms with van der Waals surface area (Å²) in [7, 11) is 0. The summed E-state index contributed by atoms with van der Waals surface area (Å²) in [6.45, 7) is 0.0726. The molecule has 1 aliphatic carbocycles. The maximum atomic E-state index is 11.8. The fraction of sp³-hybridized carbons (Fsp3) is 0.700. The van der Waals surface area contributed by atoms with Crippen molar-refractivity contribution < 1.29 is 18.0 Å². The van der Waals surface area contributed by atoms with Crippen LogP contribution in [0.2, 0.25) is 0 Å². The predicted molar refractivity (Wildman–Crippen MR) is 58.0 cm³/mol. The largest absolute Gasteiger partial charge is 0.441 e. The smallest absolute Gasteiger partial charge is 0.355 e. The minimum Gasteiger partial charge on any atom is -0.355 e. The van der Waals surface area contributed by atoms with Crippen molar-refractivity contribution in [3.8, 4) is 0 Å². The third-order valence-corrected chi connectivity index (χ3v) is 3.04. The molecular weight excluding hydrogens is 239 g/mol. The van der Waals surface area contributed by atoms with Gasteiger partial charge in [0.15, 0.2) is 0 Å². The van der Waals surface area contributed by atoms with Gasteiger partial charge in [-0.1, -0.05) is 12.2 Å². The monoisotopic (exact) mass is 253 g/mol. The number of carbonyl (C=O) groups is 1. The van der Waals surface area contributed by atoms with E-state index in [1.54, 1.807) is 0 Å². The second-order valence-corrected chi connectivity index (χ2v) is 4.73. The van der Waals surface area contributed by atoms with Crippen LogP contribution in [-0.4, -0.2) is 23.7 Å². The van der Waals surface area contributed by atoms with Crippen LogP contribution >= 0.6 is 11.8 Å². The lowest BCUT2D eigenvalue weighted by molar-refractivity contribution is -0.125. The highest BCUT2D eigenvalue weighted by Crippen LogP contribution is 2.29. The third-order valence-electron chi connectivity index (χ3n) is 2.31. The lowest BCUT2D eigenvalue weighted by Gasteiger charge is -2.17. The highest BCUT2D eigenvalue weighted by Gasteiger charge is 2.27. The van der Waals surface area contributed by atoms with Gasteiger partial charge < -0.3 is 5.32 Å². The molecule has 1 atom stereocenters. The molecule has 1 amide bonds. The van der Waals surface area contributed by atoms with Gasteiger partial charge in [-0.3, -0.25) is 4.79 Å². The zero-order valence-corrected chi connectivity index (χ0v) is 9.53. The van der Waals surface area contributed by atoms with Crippen molar-refractivity contribution in [1.29, 1.82) is 0 Å². The minimum atomic E-state index is -4.21. The fourth-order valence-corrected chi connectivity index (χ4v) is 1.95. The molecule has 0 unspecified atom stereocenters. The summed E-state index contributed by atoms with van der Waals surface area (Å²) in [5.74, 6) is -0.328. The van der Waals surface area contributed by atoms with Crippen LogP contribution in [0.5, 0.6) is 0 Å². The van der Waals surface area contributed by atoms with E-state index >= 15 is 0 Å². The standard InChI is InChI=1S/C10H14F3NOS/c11-10(12,13)16-7-6-14-9(15)8-4-2-1-3-5-8/h1-2,8H,3-7H2,(H,14,15)/t8-/m1/s1. The maximum absolute atomic E-state index is 11.8. The molecule has 1 aliphatic rings. The molecule has 0 bridgehead atoms. The average Bonchev–Trinajstić information content (AvgIpc) is 2.24.